The van der Waals surface area contributed by atoms with Gasteiger partial charge in [0.2, 0.25) is 0 Å². The van der Waals surface area contributed by atoms with Gasteiger partial charge < -0.3 is 9.64 Å². The first-order chi connectivity index (χ1) is 7.31. The van der Waals surface area contributed by atoms with Gasteiger partial charge in [-0.1, -0.05) is 0 Å². The molecule has 0 amide bonds. The van der Waals surface area contributed by atoms with E-state index in [1.165, 1.54) is 5.69 Å². The van der Waals surface area contributed by atoms with Crippen LogP contribution in [0.5, 0.6) is 0 Å². The van der Waals surface area contributed by atoms with Crippen LogP contribution in [0.4, 0.5) is 5.69 Å². The fourth-order valence-corrected chi connectivity index (χ4v) is 1.97. The Labute approximate surface area is 95.0 Å². The van der Waals surface area contributed by atoms with Crippen molar-refractivity contribution in [2.45, 2.75) is 18.8 Å². The van der Waals surface area contributed by atoms with E-state index in [-0.39, 0.29) is 0 Å². The topological polar surface area (TPSA) is 25.4 Å². The van der Waals surface area contributed by atoms with Crippen LogP contribution in [0.25, 0.3) is 0 Å². The molecule has 15 heavy (non-hydrogen) atoms. The van der Waals surface area contributed by atoms with Crippen LogP contribution in [0.2, 0.25) is 0 Å². The number of nitrogens with zero attached hydrogens (tertiary/aromatic N) is 2. The molecule has 1 aromatic heterocycles. The van der Waals surface area contributed by atoms with Crippen molar-refractivity contribution in [1.82, 2.24) is 4.98 Å². The maximum Gasteiger partial charge on any atom is 0.0668 e. The molecule has 82 valence electrons. The monoisotopic (exact) mass is 226 g/mol. The molecule has 1 fully saturated rings. The van der Waals surface area contributed by atoms with Crippen LogP contribution in [-0.4, -0.2) is 30.8 Å². The number of anilines is 1. The van der Waals surface area contributed by atoms with Crippen molar-refractivity contribution in [1.29, 1.82) is 0 Å². The van der Waals surface area contributed by atoms with Gasteiger partial charge in [-0.25, -0.2) is 0 Å². The second-order valence-corrected chi connectivity index (χ2v) is 4.02. The van der Waals surface area contributed by atoms with Gasteiger partial charge in [-0.15, -0.1) is 11.6 Å². The zero-order chi connectivity index (χ0) is 10.7. The van der Waals surface area contributed by atoms with Crippen LogP contribution < -0.4 is 4.90 Å². The quantitative estimate of drug-likeness (QED) is 0.722. The zero-order valence-electron chi connectivity index (χ0n) is 8.82. The number of pyridine rings is 1. The molecule has 1 aliphatic heterocycles. The summed E-state index contributed by atoms with van der Waals surface area (Å²) in [5.74, 6) is 0.465. The minimum Gasteiger partial charge on any atom is -0.377 e. The van der Waals surface area contributed by atoms with E-state index in [9.17, 15) is 0 Å². The van der Waals surface area contributed by atoms with Crippen LogP contribution >= 0.6 is 11.6 Å². The Hall–Kier alpha value is -0.800. The highest BCUT2D eigenvalue weighted by Crippen LogP contribution is 2.20. The first-order valence-corrected chi connectivity index (χ1v) is 5.70. The molecule has 0 bridgehead atoms. The summed E-state index contributed by atoms with van der Waals surface area (Å²) in [5.41, 5.74) is 2.12. The number of hydrogen-bond acceptors (Lipinski definition) is 3. The fraction of sp³-hybridized carbons (Fsp3) is 0.545. The molecule has 1 saturated heterocycles. The van der Waals surface area contributed by atoms with Gasteiger partial charge in [0.15, 0.2) is 0 Å². The van der Waals surface area contributed by atoms with Gasteiger partial charge in [0, 0.05) is 24.5 Å². The smallest absolute Gasteiger partial charge is 0.0668 e. The van der Waals surface area contributed by atoms with Gasteiger partial charge in [-0.3, -0.25) is 4.98 Å². The maximum atomic E-state index is 5.77. The standard InChI is InChI=1S/C11H15ClN2O/c1-9-8-15-5-4-14(9)11-2-3-13-10(6-11)7-12/h2-3,6,9H,4-5,7-8H2,1H3. The van der Waals surface area contributed by atoms with Gasteiger partial charge >= 0.3 is 0 Å². The van der Waals surface area contributed by atoms with Gasteiger partial charge in [-0.2, -0.15) is 0 Å². The van der Waals surface area contributed by atoms with Crippen molar-refractivity contribution in [2.24, 2.45) is 0 Å². The summed E-state index contributed by atoms with van der Waals surface area (Å²) in [6.07, 6.45) is 1.81. The fourth-order valence-electron chi connectivity index (χ4n) is 1.83. The molecule has 1 unspecified atom stereocenters. The molecule has 2 heterocycles. The highest BCUT2D eigenvalue weighted by atomic mass is 35.5. The maximum absolute atomic E-state index is 5.77. The lowest BCUT2D eigenvalue weighted by Gasteiger charge is -2.35. The SMILES string of the molecule is CC1COCCN1c1ccnc(CCl)c1. The molecule has 1 aromatic rings. The Bertz CT molecular complexity index is 332. The minimum atomic E-state index is 0.421. The molecule has 1 atom stereocenters. The predicted molar refractivity (Wildman–Crippen MR) is 61.4 cm³/mol. The Kier molecular flexibility index (Phi) is 3.44. The molecule has 3 nitrogen and oxygen atoms in total. The molecule has 0 aromatic carbocycles. The van der Waals surface area contributed by atoms with Gasteiger partial charge in [0.25, 0.3) is 0 Å². The number of halogens is 1. The Morgan fingerprint density at radius 2 is 2.53 bits per heavy atom. The predicted octanol–water partition coefficient (Wildman–Crippen LogP) is 2.05. The molecule has 2 rings (SSSR count). The highest BCUT2D eigenvalue weighted by Gasteiger charge is 2.19. The van der Waals surface area contributed by atoms with Crippen molar-refractivity contribution in [3.8, 4) is 0 Å². The van der Waals surface area contributed by atoms with E-state index in [2.05, 4.69) is 22.9 Å². The van der Waals surface area contributed by atoms with Crippen molar-refractivity contribution in [2.75, 3.05) is 24.7 Å². The van der Waals surface area contributed by atoms with Crippen LogP contribution in [0.3, 0.4) is 0 Å². The van der Waals surface area contributed by atoms with Crippen molar-refractivity contribution < 1.29 is 4.74 Å². The van der Waals surface area contributed by atoms with Gasteiger partial charge in [0.05, 0.1) is 24.8 Å². The Morgan fingerprint density at radius 1 is 1.67 bits per heavy atom. The second-order valence-electron chi connectivity index (χ2n) is 3.76. The minimum absolute atomic E-state index is 0.421. The number of hydrogen-bond donors (Lipinski definition) is 0. The molecule has 0 spiro atoms. The third-order valence-corrected chi connectivity index (χ3v) is 2.91. The highest BCUT2D eigenvalue weighted by molar-refractivity contribution is 6.16. The number of alkyl halides is 1. The van der Waals surface area contributed by atoms with E-state index in [0.717, 1.165) is 25.5 Å². The number of ether oxygens (including phenoxy) is 1. The number of aromatic nitrogens is 1. The van der Waals surface area contributed by atoms with Crippen LogP contribution in [0.1, 0.15) is 12.6 Å². The summed E-state index contributed by atoms with van der Waals surface area (Å²) in [4.78, 5) is 6.52. The average molecular weight is 227 g/mol. The van der Waals surface area contributed by atoms with Crippen LogP contribution in [0, 0.1) is 0 Å². The van der Waals surface area contributed by atoms with Crippen molar-refractivity contribution in [3.05, 3.63) is 24.0 Å². The van der Waals surface area contributed by atoms with E-state index >= 15 is 0 Å². The Balaban J connectivity index is 2.19. The lowest BCUT2D eigenvalue weighted by molar-refractivity contribution is 0.0989. The normalized spacial score (nSPS) is 21.7. The average Bonchev–Trinajstić information content (AvgIpc) is 2.30. The molecule has 0 aliphatic carbocycles. The van der Waals surface area contributed by atoms with E-state index in [0.29, 0.717) is 11.9 Å². The molecule has 0 saturated carbocycles. The number of morpholine rings is 1. The largest absolute Gasteiger partial charge is 0.377 e. The van der Waals surface area contributed by atoms with E-state index in [1.54, 1.807) is 0 Å². The Morgan fingerprint density at radius 3 is 3.27 bits per heavy atom. The molecular formula is C11H15ClN2O. The van der Waals surface area contributed by atoms with E-state index in [4.69, 9.17) is 16.3 Å². The molecule has 4 heteroatoms. The first-order valence-electron chi connectivity index (χ1n) is 5.16. The summed E-state index contributed by atoms with van der Waals surface area (Å²) >= 11 is 5.77. The molecule has 0 radical (unpaired) electrons. The third kappa shape index (κ3) is 2.41. The first kappa shape index (κ1) is 10.7. The second kappa shape index (κ2) is 4.81. The lowest BCUT2D eigenvalue weighted by atomic mass is 10.2. The molecular weight excluding hydrogens is 212 g/mol. The van der Waals surface area contributed by atoms with Crippen molar-refractivity contribution >= 4 is 17.3 Å². The molecule has 0 N–H and O–H groups in total. The summed E-state index contributed by atoms with van der Waals surface area (Å²) < 4.78 is 5.41. The van der Waals surface area contributed by atoms with Gasteiger partial charge in [-0.05, 0) is 19.1 Å². The lowest BCUT2D eigenvalue weighted by Crippen LogP contribution is -2.43. The van der Waals surface area contributed by atoms with Crippen molar-refractivity contribution in [3.63, 3.8) is 0 Å². The zero-order valence-corrected chi connectivity index (χ0v) is 9.57. The molecule has 1 aliphatic rings. The van der Waals surface area contributed by atoms with E-state index < -0.39 is 0 Å². The summed E-state index contributed by atoms with van der Waals surface area (Å²) in [6.45, 7) is 4.69. The van der Waals surface area contributed by atoms with E-state index in [1.807, 2.05) is 12.3 Å². The third-order valence-electron chi connectivity index (χ3n) is 2.64. The van der Waals surface area contributed by atoms with Crippen LogP contribution in [0.15, 0.2) is 18.3 Å². The number of rotatable bonds is 2. The summed E-state index contributed by atoms with van der Waals surface area (Å²) in [5, 5.41) is 0. The van der Waals surface area contributed by atoms with Gasteiger partial charge in [0.1, 0.15) is 0 Å². The summed E-state index contributed by atoms with van der Waals surface area (Å²) in [6, 6.07) is 4.50. The summed E-state index contributed by atoms with van der Waals surface area (Å²) in [7, 11) is 0. The van der Waals surface area contributed by atoms with Crippen LogP contribution in [-0.2, 0) is 10.6 Å².